The molecule has 0 saturated heterocycles. The number of ether oxygens (including phenoxy) is 1. The Morgan fingerprint density at radius 3 is 3.00 bits per heavy atom. The number of aromatic nitrogens is 1. The van der Waals surface area contributed by atoms with Crippen LogP contribution >= 0.6 is 0 Å². The van der Waals surface area contributed by atoms with Crippen LogP contribution in [0.2, 0.25) is 0 Å². The van der Waals surface area contributed by atoms with Crippen molar-refractivity contribution >= 4 is 22.5 Å². The maximum atomic E-state index is 12.1. The van der Waals surface area contributed by atoms with Crippen LogP contribution in [0.5, 0.6) is 5.75 Å². The second-order valence-corrected chi connectivity index (χ2v) is 5.83. The number of amides is 1. The van der Waals surface area contributed by atoms with Gasteiger partial charge >= 0.3 is 0 Å². The van der Waals surface area contributed by atoms with Gasteiger partial charge in [-0.05, 0) is 29.8 Å². The second-order valence-electron chi connectivity index (χ2n) is 5.83. The zero-order valence-corrected chi connectivity index (χ0v) is 13.3. The van der Waals surface area contributed by atoms with E-state index < -0.39 is 0 Å². The van der Waals surface area contributed by atoms with Crippen molar-refractivity contribution in [3.05, 3.63) is 60.3 Å². The number of hydrogen-bond acceptors (Lipinski definition) is 3. The monoisotopic (exact) mass is 321 g/mol. The third-order valence-electron chi connectivity index (χ3n) is 4.32. The molecule has 1 aliphatic rings. The summed E-state index contributed by atoms with van der Waals surface area (Å²) in [6.45, 7) is 2.23. The lowest BCUT2D eigenvalue weighted by molar-refractivity contribution is -0.121. The first-order chi connectivity index (χ1) is 11.8. The van der Waals surface area contributed by atoms with Crippen LogP contribution in [0.25, 0.3) is 10.9 Å². The summed E-state index contributed by atoms with van der Waals surface area (Å²) in [5, 5.41) is 4.67. The molecule has 0 unspecified atom stereocenters. The van der Waals surface area contributed by atoms with Crippen LogP contribution in [-0.4, -0.2) is 30.6 Å². The molecule has 5 heteroatoms. The van der Waals surface area contributed by atoms with E-state index in [2.05, 4.69) is 34.6 Å². The van der Waals surface area contributed by atoms with Crippen molar-refractivity contribution in [1.82, 2.24) is 10.3 Å². The van der Waals surface area contributed by atoms with Gasteiger partial charge in [-0.15, -0.1) is 0 Å². The lowest BCUT2D eigenvalue weighted by Crippen LogP contribution is -2.42. The highest BCUT2D eigenvalue weighted by molar-refractivity contribution is 5.97. The van der Waals surface area contributed by atoms with E-state index in [0.717, 1.165) is 30.0 Å². The number of H-pyrrole nitrogens is 1. The van der Waals surface area contributed by atoms with Gasteiger partial charge in [0.05, 0.1) is 5.69 Å². The minimum atomic E-state index is 0.00300. The largest absolute Gasteiger partial charge is 0.482 e. The molecule has 0 bridgehead atoms. The first-order valence-electron chi connectivity index (χ1n) is 8.11. The summed E-state index contributed by atoms with van der Waals surface area (Å²) in [6, 6.07) is 16.0. The second kappa shape index (κ2) is 6.37. The van der Waals surface area contributed by atoms with Gasteiger partial charge in [0.1, 0.15) is 5.75 Å². The molecular formula is C19H19N3O2. The average molecular weight is 321 g/mol. The molecule has 122 valence electrons. The number of anilines is 1. The molecular weight excluding hydrogens is 302 g/mol. The molecule has 0 spiro atoms. The maximum Gasteiger partial charge on any atom is 0.265 e. The molecule has 0 fully saturated rings. The van der Waals surface area contributed by atoms with Gasteiger partial charge in [-0.3, -0.25) is 4.79 Å². The number of hydrogen-bond donors (Lipinski definition) is 2. The molecule has 2 aromatic carbocycles. The van der Waals surface area contributed by atoms with Gasteiger partial charge in [-0.1, -0.05) is 24.3 Å². The SMILES string of the molecule is O=C1COc2ccccc2N1CCNCc1cccc2[nH]ccc12. The lowest BCUT2D eigenvalue weighted by atomic mass is 10.1. The van der Waals surface area contributed by atoms with Crippen molar-refractivity contribution in [2.45, 2.75) is 6.54 Å². The number of aromatic amines is 1. The lowest BCUT2D eigenvalue weighted by Gasteiger charge is -2.29. The molecule has 0 saturated carbocycles. The van der Waals surface area contributed by atoms with Crippen molar-refractivity contribution in [2.24, 2.45) is 0 Å². The van der Waals surface area contributed by atoms with E-state index in [1.165, 1.54) is 10.9 Å². The van der Waals surface area contributed by atoms with E-state index in [-0.39, 0.29) is 12.5 Å². The Morgan fingerprint density at radius 1 is 1.12 bits per heavy atom. The van der Waals surface area contributed by atoms with Gasteiger partial charge < -0.3 is 19.9 Å². The smallest absolute Gasteiger partial charge is 0.265 e. The van der Waals surface area contributed by atoms with Crippen LogP contribution < -0.4 is 15.0 Å². The van der Waals surface area contributed by atoms with Crippen LogP contribution in [0.4, 0.5) is 5.69 Å². The average Bonchev–Trinajstić information content (AvgIpc) is 3.09. The minimum Gasteiger partial charge on any atom is -0.482 e. The number of carbonyl (C=O) groups excluding carboxylic acids is 1. The fourth-order valence-corrected chi connectivity index (χ4v) is 3.12. The van der Waals surface area contributed by atoms with Crippen molar-refractivity contribution in [3.63, 3.8) is 0 Å². The molecule has 2 heterocycles. The summed E-state index contributed by atoms with van der Waals surface area (Å²) in [7, 11) is 0. The molecule has 0 aliphatic carbocycles. The molecule has 1 aromatic heterocycles. The highest BCUT2D eigenvalue weighted by atomic mass is 16.5. The first-order valence-corrected chi connectivity index (χ1v) is 8.11. The number of fused-ring (bicyclic) bond motifs is 2. The van der Waals surface area contributed by atoms with E-state index in [9.17, 15) is 4.79 Å². The molecule has 24 heavy (non-hydrogen) atoms. The minimum absolute atomic E-state index is 0.00300. The Bertz CT molecular complexity index is 872. The van der Waals surface area contributed by atoms with Crippen LogP contribution in [0.3, 0.4) is 0 Å². The number of nitrogens with one attached hydrogen (secondary N) is 2. The van der Waals surface area contributed by atoms with Crippen molar-refractivity contribution in [2.75, 3.05) is 24.6 Å². The zero-order valence-electron chi connectivity index (χ0n) is 13.3. The molecule has 4 rings (SSSR count). The predicted molar refractivity (Wildman–Crippen MR) is 94.3 cm³/mol. The summed E-state index contributed by atoms with van der Waals surface area (Å²) >= 11 is 0. The number of nitrogens with zero attached hydrogens (tertiary/aromatic N) is 1. The fraction of sp³-hybridized carbons (Fsp3) is 0.211. The van der Waals surface area contributed by atoms with Gasteiger partial charge in [-0.25, -0.2) is 0 Å². The highest BCUT2D eigenvalue weighted by Crippen LogP contribution is 2.31. The Hall–Kier alpha value is -2.79. The Balaban J connectivity index is 1.39. The summed E-state index contributed by atoms with van der Waals surface area (Å²) in [5.41, 5.74) is 3.25. The third kappa shape index (κ3) is 2.74. The third-order valence-corrected chi connectivity index (χ3v) is 4.32. The Morgan fingerprint density at radius 2 is 2.04 bits per heavy atom. The van der Waals surface area contributed by atoms with Gasteiger partial charge in [0.2, 0.25) is 0 Å². The Kier molecular flexibility index (Phi) is 3.92. The zero-order chi connectivity index (χ0) is 16.4. The van der Waals surface area contributed by atoms with Crippen LogP contribution in [0.1, 0.15) is 5.56 Å². The Labute approximate surface area is 140 Å². The molecule has 0 radical (unpaired) electrons. The fourth-order valence-electron chi connectivity index (χ4n) is 3.12. The molecule has 1 aliphatic heterocycles. The first kappa shape index (κ1) is 14.8. The summed E-state index contributed by atoms with van der Waals surface area (Å²) in [5.74, 6) is 0.775. The van der Waals surface area contributed by atoms with Gasteiger partial charge in [-0.2, -0.15) is 0 Å². The number of carbonyl (C=O) groups is 1. The van der Waals surface area contributed by atoms with E-state index in [1.54, 1.807) is 4.90 Å². The molecule has 1 amide bonds. The van der Waals surface area contributed by atoms with Crippen LogP contribution in [0, 0.1) is 0 Å². The van der Waals surface area contributed by atoms with E-state index >= 15 is 0 Å². The van der Waals surface area contributed by atoms with Crippen molar-refractivity contribution in [3.8, 4) is 5.75 Å². The van der Waals surface area contributed by atoms with Crippen LogP contribution in [-0.2, 0) is 11.3 Å². The quantitative estimate of drug-likeness (QED) is 0.710. The van der Waals surface area contributed by atoms with Crippen LogP contribution in [0.15, 0.2) is 54.7 Å². The summed E-state index contributed by atoms with van der Waals surface area (Å²) < 4.78 is 5.47. The van der Waals surface area contributed by atoms with Crippen molar-refractivity contribution < 1.29 is 9.53 Å². The number of benzene rings is 2. The highest BCUT2D eigenvalue weighted by Gasteiger charge is 2.24. The van der Waals surface area contributed by atoms with Gasteiger partial charge in [0.15, 0.2) is 6.61 Å². The van der Waals surface area contributed by atoms with Gasteiger partial charge in [0.25, 0.3) is 5.91 Å². The standard InChI is InChI=1S/C19H19N3O2/c23-19-13-24-18-7-2-1-6-17(18)22(19)11-10-20-12-14-4-3-5-16-15(14)8-9-21-16/h1-9,20-21H,10-13H2. The predicted octanol–water partition coefficient (Wildman–Crippen LogP) is 2.68. The molecule has 2 N–H and O–H groups in total. The summed E-state index contributed by atoms with van der Waals surface area (Å²) in [6.07, 6.45) is 1.96. The maximum absolute atomic E-state index is 12.1. The van der Waals surface area contributed by atoms with E-state index in [0.29, 0.717) is 6.54 Å². The van der Waals surface area contributed by atoms with Gasteiger partial charge in [0, 0.05) is 36.7 Å². The van der Waals surface area contributed by atoms with E-state index in [1.807, 2.05) is 30.5 Å². The molecule has 3 aromatic rings. The van der Waals surface area contributed by atoms with E-state index in [4.69, 9.17) is 4.74 Å². The topological polar surface area (TPSA) is 57.4 Å². The number of rotatable bonds is 5. The van der Waals surface area contributed by atoms with Crippen molar-refractivity contribution in [1.29, 1.82) is 0 Å². The molecule has 5 nitrogen and oxygen atoms in total. The normalized spacial score (nSPS) is 13.8. The molecule has 0 atom stereocenters. The number of para-hydroxylation sites is 2. The summed E-state index contributed by atoms with van der Waals surface area (Å²) in [4.78, 5) is 17.1.